The molecule has 0 aliphatic carbocycles. The maximum Gasteiger partial charge on any atom is 0 e. The molecule has 0 saturated heterocycles. The molecule has 0 bridgehead atoms. The first-order valence-corrected chi connectivity index (χ1v) is 0. The predicted octanol–water partition coefficient (Wildman–Crippen LogP) is -0.0100. The van der Waals surface area contributed by atoms with E-state index in [0.717, 1.165) is 0 Å². The van der Waals surface area contributed by atoms with Crippen LogP contribution in [0.4, 0.5) is 0 Å². The van der Waals surface area contributed by atoms with E-state index in [2.05, 4.69) is 0 Å². The summed E-state index contributed by atoms with van der Waals surface area (Å²) in [5.74, 6) is 0. The largest absolute Gasteiger partial charge is 0 e. The van der Waals surface area contributed by atoms with Crippen molar-refractivity contribution >= 4 is 0 Å². The summed E-state index contributed by atoms with van der Waals surface area (Å²) in [6.45, 7) is 0. The van der Waals surface area contributed by atoms with Gasteiger partial charge in [0.05, 0.1) is 0 Å². The van der Waals surface area contributed by atoms with Crippen molar-refractivity contribution in [2.75, 3.05) is 0 Å². The SMILES string of the molecule is [Ru].[Zn].[Zn].[Zn]. The van der Waals surface area contributed by atoms with Crippen molar-refractivity contribution in [2.24, 2.45) is 0 Å². The standard InChI is InChI=1S/Ru.3Zn. The van der Waals surface area contributed by atoms with Crippen LogP contribution < -0.4 is 0 Å². The molecule has 4 heteroatoms. The van der Waals surface area contributed by atoms with Crippen molar-refractivity contribution in [3.63, 3.8) is 0 Å². The molecule has 0 nitrogen and oxygen atoms in total. The average molecular weight is 297 g/mol. The van der Waals surface area contributed by atoms with Gasteiger partial charge in [-0.05, 0) is 0 Å². The van der Waals surface area contributed by atoms with Gasteiger partial charge in [0.25, 0.3) is 0 Å². The maximum absolute atomic E-state index is 0. The van der Waals surface area contributed by atoms with Crippen molar-refractivity contribution in [1.29, 1.82) is 0 Å². The van der Waals surface area contributed by atoms with Gasteiger partial charge in [0.2, 0.25) is 0 Å². The summed E-state index contributed by atoms with van der Waals surface area (Å²) in [7, 11) is 0. The van der Waals surface area contributed by atoms with E-state index in [4.69, 9.17) is 0 Å². The maximum atomic E-state index is 0. The van der Waals surface area contributed by atoms with Crippen LogP contribution >= 0.6 is 0 Å². The van der Waals surface area contributed by atoms with Crippen LogP contribution in [0.5, 0.6) is 0 Å². The summed E-state index contributed by atoms with van der Waals surface area (Å²) in [5.41, 5.74) is 0. The van der Waals surface area contributed by atoms with E-state index in [-0.39, 0.29) is 77.9 Å². The fraction of sp³-hybridized carbons (Fsp3) is 0. The molecule has 0 aromatic heterocycles. The molecule has 0 fully saturated rings. The van der Waals surface area contributed by atoms with Crippen LogP contribution in [0, 0.1) is 0 Å². The fourth-order valence-electron chi connectivity index (χ4n) is 0. The van der Waals surface area contributed by atoms with Crippen LogP contribution in [-0.4, -0.2) is 0 Å². The molecule has 0 radical (unpaired) electrons. The summed E-state index contributed by atoms with van der Waals surface area (Å²) >= 11 is 0. The second-order valence-corrected chi connectivity index (χ2v) is 0. The van der Waals surface area contributed by atoms with Crippen molar-refractivity contribution < 1.29 is 77.9 Å². The fourth-order valence-corrected chi connectivity index (χ4v) is 0. The minimum atomic E-state index is 0. The first-order valence-electron chi connectivity index (χ1n) is 0. The van der Waals surface area contributed by atoms with E-state index in [1.165, 1.54) is 0 Å². The number of rotatable bonds is 0. The molecule has 0 unspecified atom stereocenters. The minimum Gasteiger partial charge on any atom is 0 e. The summed E-state index contributed by atoms with van der Waals surface area (Å²) in [5, 5.41) is 0. The van der Waals surface area contributed by atoms with Crippen LogP contribution in [0.25, 0.3) is 0 Å². The molecule has 14 valence electrons. The van der Waals surface area contributed by atoms with Gasteiger partial charge in [0, 0.05) is 77.9 Å². The number of hydrogen-bond donors (Lipinski definition) is 0. The summed E-state index contributed by atoms with van der Waals surface area (Å²) < 4.78 is 0. The molecular formula is RuZn3. The molecule has 0 aliphatic heterocycles. The summed E-state index contributed by atoms with van der Waals surface area (Å²) in [6, 6.07) is 0. The van der Waals surface area contributed by atoms with Gasteiger partial charge in [0.15, 0.2) is 0 Å². The molecule has 4 heavy (non-hydrogen) atoms. The van der Waals surface area contributed by atoms with E-state index < -0.39 is 0 Å². The predicted molar refractivity (Wildman–Crippen MR) is 0 cm³/mol. The Morgan fingerprint density at radius 1 is 0.500 bits per heavy atom. The van der Waals surface area contributed by atoms with Crippen LogP contribution in [-0.2, 0) is 77.9 Å². The Morgan fingerprint density at radius 3 is 0.500 bits per heavy atom. The quantitative estimate of drug-likeness (QED) is 0.552. The van der Waals surface area contributed by atoms with Gasteiger partial charge >= 0.3 is 0 Å². The van der Waals surface area contributed by atoms with Crippen LogP contribution in [0.2, 0.25) is 0 Å². The molecule has 0 atom stereocenters. The molecule has 0 rings (SSSR count). The second kappa shape index (κ2) is 17.8. The van der Waals surface area contributed by atoms with Crippen molar-refractivity contribution in [3.05, 3.63) is 0 Å². The zero-order valence-electron chi connectivity index (χ0n) is 2.47. The van der Waals surface area contributed by atoms with Crippen molar-refractivity contribution in [2.45, 2.75) is 0 Å². The third-order valence-corrected chi connectivity index (χ3v) is 0. The topological polar surface area (TPSA) is 0 Å². The Kier molecular flexibility index (Phi) is 141. The van der Waals surface area contributed by atoms with E-state index in [1.807, 2.05) is 0 Å². The normalized spacial score (nSPS) is 0. The monoisotopic (exact) mass is 294 g/mol. The van der Waals surface area contributed by atoms with Gasteiger partial charge in [-0.15, -0.1) is 0 Å². The molecule has 0 N–H and O–H groups in total. The first-order chi connectivity index (χ1) is 0. The smallest absolute Gasteiger partial charge is 0 e. The van der Waals surface area contributed by atoms with E-state index in [0.29, 0.717) is 0 Å². The molecule has 0 heterocycles. The number of hydrogen-bond acceptors (Lipinski definition) is 0. The van der Waals surface area contributed by atoms with E-state index in [1.54, 1.807) is 0 Å². The molecule has 0 spiro atoms. The van der Waals surface area contributed by atoms with Crippen molar-refractivity contribution in [3.8, 4) is 0 Å². The summed E-state index contributed by atoms with van der Waals surface area (Å²) in [4.78, 5) is 0. The first kappa shape index (κ1) is 31.5. The molecule has 0 aliphatic rings. The van der Waals surface area contributed by atoms with Crippen LogP contribution in [0.3, 0.4) is 0 Å². The van der Waals surface area contributed by atoms with Gasteiger partial charge in [-0.2, -0.15) is 0 Å². The van der Waals surface area contributed by atoms with E-state index >= 15 is 0 Å². The minimum absolute atomic E-state index is 0. The van der Waals surface area contributed by atoms with Gasteiger partial charge in [-0.25, -0.2) is 0 Å². The summed E-state index contributed by atoms with van der Waals surface area (Å²) in [6.07, 6.45) is 0. The molecule has 0 saturated carbocycles. The molecule has 0 aromatic carbocycles. The average Bonchev–Trinajstić information content (AvgIpc) is 0. The third kappa shape index (κ3) is 8.82. The van der Waals surface area contributed by atoms with E-state index in [9.17, 15) is 0 Å². The Balaban J connectivity index is 0. The zero-order chi connectivity index (χ0) is 0. The van der Waals surface area contributed by atoms with Crippen LogP contribution in [0.15, 0.2) is 0 Å². The Hall–Kier alpha value is 2.49. The Bertz CT molecular complexity index is 3.25. The molecular weight excluding hydrogens is 297 g/mol. The van der Waals surface area contributed by atoms with Gasteiger partial charge in [-0.3, -0.25) is 0 Å². The second-order valence-electron chi connectivity index (χ2n) is 0. The van der Waals surface area contributed by atoms with Gasteiger partial charge < -0.3 is 0 Å². The molecule has 0 aromatic rings. The third-order valence-electron chi connectivity index (χ3n) is 0. The van der Waals surface area contributed by atoms with Gasteiger partial charge in [0.1, 0.15) is 0 Å². The van der Waals surface area contributed by atoms with Gasteiger partial charge in [-0.1, -0.05) is 0 Å². The molecule has 0 amide bonds. The Morgan fingerprint density at radius 2 is 0.500 bits per heavy atom. The Labute approximate surface area is 76.9 Å². The van der Waals surface area contributed by atoms with Crippen LogP contribution in [0.1, 0.15) is 0 Å². The zero-order valence-corrected chi connectivity index (χ0v) is 13.1. The van der Waals surface area contributed by atoms with Crippen molar-refractivity contribution in [1.82, 2.24) is 0 Å².